The monoisotopic (exact) mass is 184 g/mol. The Morgan fingerprint density at radius 1 is 1.31 bits per heavy atom. The van der Waals surface area contributed by atoms with Gasteiger partial charge in [0.05, 0.1) is 6.10 Å². The lowest BCUT2D eigenvalue weighted by molar-refractivity contribution is -0.0327. The van der Waals surface area contributed by atoms with Crippen molar-refractivity contribution < 1.29 is 4.74 Å². The van der Waals surface area contributed by atoms with Crippen molar-refractivity contribution in [3.63, 3.8) is 0 Å². The highest BCUT2D eigenvalue weighted by molar-refractivity contribution is 4.81. The maximum Gasteiger partial charge on any atom is 0.0608 e. The van der Waals surface area contributed by atoms with Crippen molar-refractivity contribution in [3.8, 4) is 0 Å². The molecule has 1 rings (SSSR count). The summed E-state index contributed by atoms with van der Waals surface area (Å²) >= 11 is 0. The zero-order chi connectivity index (χ0) is 9.84. The van der Waals surface area contributed by atoms with Gasteiger partial charge in [-0.05, 0) is 37.5 Å². The largest absolute Gasteiger partial charge is 0.378 e. The summed E-state index contributed by atoms with van der Waals surface area (Å²) in [7, 11) is 0. The van der Waals surface area contributed by atoms with Crippen molar-refractivity contribution in [3.05, 3.63) is 0 Å². The van der Waals surface area contributed by atoms with Crippen LogP contribution in [0.4, 0.5) is 0 Å². The minimum Gasteiger partial charge on any atom is -0.378 e. The summed E-state index contributed by atoms with van der Waals surface area (Å²) in [5, 5.41) is 0. The van der Waals surface area contributed by atoms with Crippen molar-refractivity contribution in [1.29, 1.82) is 0 Å². The molecule has 0 saturated heterocycles. The molecule has 0 amide bonds. The fourth-order valence-corrected chi connectivity index (χ4v) is 2.52. The third-order valence-electron chi connectivity index (χ3n) is 3.34. The van der Waals surface area contributed by atoms with Gasteiger partial charge in [-0.15, -0.1) is 0 Å². The van der Waals surface area contributed by atoms with E-state index < -0.39 is 0 Å². The Kier molecular flexibility index (Phi) is 4.24. The fraction of sp³-hybridized carbons (Fsp3) is 1.00. The van der Waals surface area contributed by atoms with Gasteiger partial charge in [-0.1, -0.05) is 27.2 Å². The standard InChI is InChI=1S/C12H24O/c1-5-13-12-8-10(4)6-7-11(12)9(2)3/h9-12H,5-8H2,1-4H3/t10-,11+,12?/m0/s1. The van der Waals surface area contributed by atoms with Crippen LogP contribution in [0.1, 0.15) is 47.0 Å². The number of rotatable bonds is 3. The molecule has 0 aromatic carbocycles. The van der Waals surface area contributed by atoms with E-state index in [-0.39, 0.29) is 0 Å². The van der Waals surface area contributed by atoms with Crippen molar-refractivity contribution in [2.75, 3.05) is 6.61 Å². The molecule has 1 saturated carbocycles. The third kappa shape index (κ3) is 2.98. The lowest BCUT2D eigenvalue weighted by Gasteiger charge is -2.36. The molecule has 0 aromatic heterocycles. The minimum absolute atomic E-state index is 0.536. The summed E-state index contributed by atoms with van der Waals surface area (Å²) in [4.78, 5) is 0. The van der Waals surface area contributed by atoms with Gasteiger partial charge in [-0.3, -0.25) is 0 Å². The van der Waals surface area contributed by atoms with Crippen LogP contribution in [-0.2, 0) is 4.74 Å². The van der Waals surface area contributed by atoms with Crippen LogP contribution in [0.2, 0.25) is 0 Å². The molecule has 78 valence electrons. The summed E-state index contributed by atoms with van der Waals surface area (Å²) in [5.41, 5.74) is 0. The molecule has 1 unspecified atom stereocenters. The second kappa shape index (κ2) is 4.99. The topological polar surface area (TPSA) is 9.23 Å². The quantitative estimate of drug-likeness (QED) is 0.652. The molecule has 1 heteroatoms. The molecule has 0 aromatic rings. The summed E-state index contributed by atoms with van der Waals surface area (Å²) in [6.45, 7) is 9.99. The Balaban J connectivity index is 2.50. The van der Waals surface area contributed by atoms with Crippen LogP contribution in [0.15, 0.2) is 0 Å². The van der Waals surface area contributed by atoms with E-state index in [0.29, 0.717) is 6.10 Å². The van der Waals surface area contributed by atoms with Crippen molar-refractivity contribution in [2.24, 2.45) is 17.8 Å². The first-order chi connectivity index (χ1) is 6.15. The van der Waals surface area contributed by atoms with Gasteiger partial charge in [-0.25, -0.2) is 0 Å². The number of hydrogen-bond donors (Lipinski definition) is 0. The molecule has 1 aliphatic carbocycles. The Labute approximate surface area is 82.9 Å². The van der Waals surface area contributed by atoms with E-state index in [2.05, 4.69) is 27.7 Å². The number of ether oxygens (including phenoxy) is 1. The van der Waals surface area contributed by atoms with Gasteiger partial charge in [0, 0.05) is 6.61 Å². The average Bonchev–Trinajstić information content (AvgIpc) is 2.04. The maximum atomic E-state index is 5.83. The van der Waals surface area contributed by atoms with Gasteiger partial charge in [0.25, 0.3) is 0 Å². The van der Waals surface area contributed by atoms with Gasteiger partial charge in [0.2, 0.25) is 0 Å². The lowest BCUT2D eigenvalue weighted by Crippen LogP contribution is -2.34. The summed E-state index contributed by atoms with van der Waals surface area (Å²) in [6.07, 6.45) is 4.57. The Morgan fingerprint density at radius 2 is 2.00 bits per heavy atom. The average molecular weight is 184 g/mol. The van der Waals surface area contributed by atoms with E-state index in [1.54, 1.807) is 0 Å². The zero-order valence-electron chi connectivity index (χ0n) is 9.55. The summed E-state index contributed by atoms with van der Waals surface area (Å²) in [5.74, 6) is 2.45. The van der Waals surface area contributed by atoms with Crippen LogP contribution in [-0.4, -0.2) is 12.7 Å². The minimum atomic E-state index is 0.536. The highest BCUT2D eigenvalue weighted by atomic mass is 16.5. The smallest absolute Gasteiger partial charge is 0.0608 e. The van der Waals surface area contributed by atoms with Crippen molar-refractivity contribution in [2.45, 2.75) is 53.1 Å². The molecule has 0 bridgehead atoms. The van der Waals surface area contributed by atoms with E-state index in [1.807, 2.05) is 0 Å². The zero-order valence-corrected chi connectivity index (χ0v) is 9.55. The molecule has 0 N–H and O–H groups in total. The van der Waals surface area contributed by atoms with Crippen LogP contribution in [0, 0.1) is 17.8 Å². The second-order valence-corrected chi connectivity index (χ2v) is 4.82. The highest BCUT2D eigenvalue weighted by Crippen LogP contribution is 2.35. The van der Waals surface area contributed by atoms with Gasteiger partial charge in [0.1, 0.15) is 0 Å². The SMILES string of the molecule is CCOC1C[C@@H](C)CC[C@@H]1C(C)C. The van der Waals surface area contributed by atoms with E-state index in [9.17, 15) is 0 Å². The predicted molar refractivity (Wildman–Crippen MR) is 56.8 cm³/mol. The fourth-order valence-electron chi connectivity index (χ4n) is 2.52. The van der Waals surface area contributed by atoms with Crippen LogP contribution in [0.3, 0.4) is 0 Å². The van der Waals surface area contributed by atoms with Crippen molar-refractivity contribution in [1.82, 2.24) is 0 Å². The van der Waals surface area contributed by atoms with E-state index >= 15 is 0 Å². The summed E-state index contributed by atoms with van der Waals surface area (Å²) < 4.78 is 5.83. The highest BCUT2D eigenvalue weighted by Gasteiger charge is 2.30. The normalized spacial score (nSPS) is 35.3. The Bertz CT molecular complexity index is 142. The van der Waals surface area contributed by atoms with Crippen LogP contribution in [0.25, 0.3) is 0 Å². The van der Waals surface area contributed by atoms with E-state index in [0.717, 1.165) is 24.4 Å². The first kappa shape index (κ1) is 11.0. The van der Waals surface area contributed by atoms with E-state index in [4.69, 9.17) is 4.74 Å². The molecule has 1 fully saturated rings. The maximum absolute atomic E-state index is 5.83. The number of hydrogen-bond acceptors (Lipinski definition) is 1. The molecule has 0 spiro atoms. The molecule has 0 heterocycles. The molecular formula is C12H24O. The first-order valence-corrected chi connectivity index (χ1v) is 5.76. The van der Waals surface area contributed by atoms with Gasteiger partial charge in [-0.2, -0.15) is 0 Å². The van der Waals surface area contributed by atoms with E-state index in [1.165, 1.54) is 19.3 Å². The molecule has 1 aliphatic rings. The van der Waals surface area contributed by atoms with Gasteiger partial charge < -0.3 is 4.74 Å². The Morgan fingerprint density at radius 3 is 2.54 bits per heavy atom. The molecule has 3 atom stereocenters. The molecule has 0 aliphatic heterocycles. The second-order valence-electron chi connectivity index (χ2n) is 4.82. The van der Waals surface area contributed by atoms with Crippen LogP contribution < -0.4 is 0 Å². The molecular weight excluding hydrogens is 160 g/mol. The van der Waals surface area contributed by atoms with Crippen molar-refractivity contribution >= 4 is 0 Å². The van der Waals surface area contributed by atoms with Crippen LogP contribution in [0.5, 0.6) is 0 Å². The third-order valence-corrected chi connectivity index (χ3v) is 3.34. The van der Waals surface area contributed by atoms with Gasteiger partial charge in [0.15, 0.2) is 0 Å². The Hall–Kier alpha value is -0.0400. The molecule has 1 nitrogen and oxygen atoms in total. The van der Waals surface area contributed by atoms with Gasteiger partial charge >= 0.3 is 0 Å². The first-order valence-electron chi connectivity index (χ1n) is 5.76. The molecule has 13 heavy (non-hydrogen) atoms. The predicted octanol–water partition coefficient (Wildman–Crippen LogP) is 3.48. The van der Waals surface area contributed by atoms with Crippen LogP contribution >= 0.6 is 0 Å². The molecule has 0 radical (unpaired) electrons. The lowest BCUT2D eigenvalue weighted by atomic mass is 9.75. The summed E-state index contributed by atoms with van der Waals surface area (Å²) in [6, 6.07) is 0.